The van der Waals surface area contributed by atoms with Crippen LogP contribution in [0.2, 0.25) is 0 Å². The summed E-state index contributed by atoms with van der Waals surface area (Å²) in [6.45, 7) is 2.65. The molecule has 0 spiro atoms. The molecule has 31 heavy (non-hydrogen) atoms. The van der Waals surface area contributed by atoms with E-state index in [0.29, 0.717) is 35.2 Å². The Morgan fingerprint density at radius 2 is 2.00 bits per heavy atom. The molecule has 4 aromatic rings. The van der Waals surface area contributed by atoms with Crippen molar-refractivity contribution in [3.8, 4) is 16.9 Å². The van der Waals surface area contributed by atoms with Gasteiger partial charge in [-0.1, -0.05) is 18.2 Å². The number of ether oxygens (including phenoxy) is 1. The molecule has 0 aliphatic carbocycles. The van der Waals surface area contributed by atoms with Crippen molar-refractivity contribution >= 4 is 28.6 Å². The number of hydrogen-bond donors (Lipinski definition) is 2. The van der Waals surface area contributed by atoms with Crippen LogP contribution in [0.4, 0.5) is 11.6 Å². The number of nitrogens with zero attached hydrogens (tertiary/aromatic N) is 3. The molecule has 0 unspecified atom stereocenters. The zero-order valence-electron chi connectivity index (χ0n) is 17.3. The number of carbonyl (C=O) groups is 1. The van der Waals surface area contributed by atoms with Crippen LogP contribution in [0.3, 0.4) is 0 Å². The lowest BCUT2D eigenvalue weighted by molar-refractivity contribution is 0.102. The molecule has 1 aliphatic heterocycles. The highest BCUT2D eigenvalue weighted by Crippen LogP contribution is 2.31. The second kappa shape index (κ2) is 7.68. The Kier molecular flexibility index (Phi) is 4.71. The number of benzene rings is 2. The van der Waals surface area contributed by atoms with Gasteiger partial charge in [-0.25, -0.2) is 9.97 Å². The van der Waals surface area contributed by atoms with Crippen LogP contribution in [-0.4, -0.2) is 34.5 Å². The van der Waals surface area contributed by atoms with Gasteiger partial charge in [0.25, 0.3) is 5.91 Å². The number of amides is 1. The average Bonchev–Trinajstić information content (AvgIpc) is 3.28. The van der Waals surface area contributed by atoms with E-state index in [9.17, 15) is 4.79 Å². The van der Waals surface area contributed by atoms with Crippen LogP contribution in [0.5, 0.6) is 5.75 Å². The zero-order valence-corrected chi connectivity index (χ0v) is 17.3. The lowest BCUT2D eigenvalue weighted by Crippen LogP contribution is -2.13. The van der Waals surface area contributed by atoms with Crippen LogP contribution in [0.25, 0.3) is 22.2 Å². The van der Waals surface area contributed by atoms with Crippen molar-refractivity contribution in [2.75, 3.05) is 24.3 Å². The molecular weight excluding hydrogens is 390 g/mol. The number of aryl methyl sites for hydroxylation is 1. The molecule has 7 heteroatoms. The summed E-state index contributed by atoms with van der Waals surface area (Å²) in [6, 6.07) is 13.5. The van der Waals surface area contributed by atoms with Crippen molar-refractivity contribution in [3.05, 3.63) is 71.5 Å². The fraction of sp³-hybridized carbons (Fsp3) is 0.167. The highest BCUT2D eigenvalue weighted by Gasteiger charge is 2.20. The Morgan fingerprint density at radius 1 is 1.10 bits per heavy atom. The van der Waals surface area contributed by atoms with E-state index in [1.165, 1.54) is 0 Å². The smallest absolute Gasteiger partial charge is 0.259 e. The molecule has 2 aromatic carbocycles. The summed E-state index contributed by atoms with van der Waals surface area (Å²) < 4.78 is 5.67. The minimum atomic E-state index is -0.182. The first-order valence-corrected chi connectivity index (χ1v) is 10.1. The van der Waals surface area contributed by atoms with Crippen LogP contribution in [0.1, 0.15) is 21.5 Å². The Bertz CT molecular complexity index is 1320. The molecule has 7 nitrogen and oxygen atoms in total. The summed E-state index contributed by atoms with van der Waals surface area (Å²) in [5.74, 6) is 1.04. The maximum atomic E-state index is 12.9. The first-order valence-electron chi connectivity index (χ1n) is 10.1. The summed E-state index contributed by atoms with van der Waals surface area (Å²) in [5.41, 5.74) is 5.97. The third kappa shape index (κ3) is 3.54. The fourth-order valence-corrected chi connectivity index (χ4v) is 3.79. The molecule has 2 N–H and O–H groups in total. The van der Waals surface area contributed by atoms with Gasteiger partial charge in [0.2, 0.25) is 5.95 Å². The molecule has 0 saturated carbocycles. The van der Waals surface area contributed by atoms with Crippen molar-refractivity contribution in [3.63, 3.8) is 0 Å². The number of fused-ring (bicyclic) bond motifs is 2. The molecule has 0 fully saturated rings. The number of para-hydroxylation sites is 1. The summed E-state index contributed by atoms with van der Waals surface area (Å²) >= 11 is 0. The number of aromatic nitrogens is 3. The number of hydrogen-bond acceptors (Lipinski definition) is 6. The third-order valence-electron chi connectivity index (χ3n) is 5.42. The fourth-order valence-electron chi connectivity index (χ4n) is 3.79. The molecule has 3 heterocycles. The highest BCUT2D eigenvalue weighted by atomic mass is 16.5. The summed E-state index contributed by atoms with van der Waals surface area (Å²) in [7, 11) is 1.77. The second-order valence-corrected chi connectivity index (χ2v) is 7.46. The standard InChI is InChI=1S/C24H21N5O2/c1-14-6-7-18(28-23(30)19-5-3-4-15-8-9-31-21(15)19)11-20(14)16-10-17-13-27-24(25-2)29-22(17)26-12-16/h3-7,10-13H,8-9H2,1-2H3,(H,28,30)(H,25,26,27,29). The average molecular weight is 411 g/mol. The lowest BCUT2D eigenvalue weighted by atomic mass is 10.0. The maximum Gasteiger partial charge on any atom is 0.259 e. The van der Waals surface area contributed by atoms with Crippen LogP contribution >= 0.6 is 0 Å². The zero-order chi connectivity index (χ0) is 21.4. The van der Waals surface area contributed by atoms with E-state index >= 15 is 0 Å². The van der Waals surface area contributed by atoms with E-state index in [4.69, 9.17) is 4.74 Å². The van der Waals surface area contributed by atoms with E-state index in [1.807, 2.05) is 43.3 Å². The van der Waals surface area contributed by atoms with Crippen molar-refractivity contribution in [2.24, 2.45) is 0 Å². The third-order valence-corrected chi connectivity index (χ3v) is 5.42. The first-order chi connectivity index (χ1) is 15.1. The molecule has 154 valence electrons. The van der Waals surface area contributed by atoms with Crippen molar-refractivity contribution in [1.82, 2.24) is 15.0 Å². The summed E-state index contributed by atoms with van der Waals surface area (Å²) in [5, 5.41) is 6.77. The van der Waals surface area contributed by atoms with Crippen LogP contribution < -0.4 is 15.4 Å². The molecule has 0 saturated heterocycles. The van der Waals surface area contributed by atoms with E-state index < -0.39 is 0 Å². The van der Waals surface area contributed by atoms with Crippen molar-refractivity contribution in [2.45, 2.75) is 13.3 Å². The van der Waals surface area contributed by atoms with Gasteiger partial charge in [-0.15, -0.1) is 0 Å². The number of pyridine rings is 1. The Labute approximate surface area is 179 Å². The Morgan fingerprint density at radius 3 is 2.87 bits per heavy atom. The Balaban J connectivity index is 1.46. The number of rotatable bonds is 4. The van der Waals surface area contributed by atoms with E-state index in [1.54, 1.807) is 25.5 Å². The Hall–Kier alpha value is -4.00. The largest absolute Gasteiger partial charge is 0.492 e. The highest BCUT2D eigenvalue weighted by molar-refractivity contribution is 6.07. The van der Waals surface area contributed by atoms with Gasteiger partial charge in [0.15, 0.2) is 5.65 Å². The SMILES string of the molecule is CNc1ncc2cc(-c3cc(NC(=O)c4cccc5c4OCC5)ccc3C)cnc2n1. The predicted octanol–water partition coefficient (Wildman–Crippen LogP) is 4.23. The van der Waals surface area contributed by atoms with Crippen LogP contribution in [0, 0.1) is 6.92 Å². The molecular formula is C24H21N5O2. The van der Waals surface area contributed by atoms with Crippen LogP contribution in [0.15, 0.2) is 54.9 Å². The van der Waals surface area contributed by atoms with Gasteiger partial charge in [-0.2, -0.15) is 4.98 Å². The monoisotopic (exact) mass is 411 g/mol. The number of carbonyl (C=O) groups excluding carboxylic acids is 1. The van der Waals surface area contributed by atoms with Crippen LogP contribution in [-0.2, 0) is 6.42 Å². The minimum absolute atomic E-state index is 0.182. The maximum absolute atomic E-state index is 12.9. The van der Waals surface area contributed by atoms with Gasteiger partial charge in [0, 0.05) is 42.5 Å². The quantitative estimate of drug-likeness (QED) is 0.522. The summed E-state index contributed by atoms with van der Waals surface area (Å²) in [4.78, 5) is 26.0. The topological polar surface area (TPSA) is 89.0 Å². The minimum Gasteiger partial charge on any atom is -0.492 e. The number of nitrogens with one attached hydrogen (secondary N) is 2. The van der Waals surface area contributed by atoms with Crippen molar-refractivity contribution < 1.29 is 9.53 Å². The summed E-state index contributed by atoms with van der Waals surface area (Å²) in [6.07, 6.45) is 4.38. The van der Waals surface area contributed by atoms with Gasteiger partial charge in [0.05, 0.1) is 12.2 Å². The van der Waals surface area contributed by atoms with Gasteiger partial charge in [-0.3, -0.25) is 4.79 Å². The number of anilines is 2. The van der Waals surface area contributed by atoms with E-state index in [2.05, 4.69) is 25.6 Å². The van der Waals surface area contributed by atoms with Gasteiger partial charge in [-0.05, 0) is 47.9 Å². The second-order valence-electron chi connectivity index (χ2n) is 7.46. The van der Waals surface area contributed by atoms with Gasteiger partial charge in [0.1, 0.15) is 5.75 Å². The molecule has 2 aromatic heterocycles. The molecule has 5 rings (SSSR count). The lowest BCUT2D eigenvalue weighted by Gasteiger charge is -2.12. The van der Waals surface area contributed by atoms with Gasteiger partial charge < -0.3 is 15.4 Å². The molecule has 1 aliphatic rings. The van der Waals surface area contributed by atoms with E-state index in [0.717, 1.165) is 34.1 Å². The first kappa shape index (κ1) is 19.0. The molecule has 0 bridgehead atoms. The molecule has 0 atom stereocenters. The van der Waals surface area contributed by atoms with Crippen molar-refractivity contribution in [1.29, 1.82) is 0 Å². The normalized spacial score (nSPS) is 12.3. The van der Waals surface area contributed by atoms with Gasteiger partial charge >= 0.3 is 0 Å². The molecule has 0 radical (unpaired) electrons. The molecule has 1 amide bonds. The van der Waals surface area contributed by atoms with E-state index in [-0.39, 0.29) is 5.91 Å². The predicted molar refractivity (Wildman–Crippen MR) is 121 cm³/mol.